The predicted octanol–water partition coefficient (Wildman–Crippen LogP) is 2.19. The van der Waals surface area contributed by atoms with E-state index >= 15 is 0 Å². The second kappa shape index (κ2) is 8.53. The summed E-state index contributed by atoms with van der Waals surface area (Å²) < 4.78 is 0. The zero-order valence-corrected chi connectivity index (χ0v) is 14.1. The maximum absolute atomic E-state index is 11.9. The van der Waals surface area contributed by atoms with E-state index in [9.17, 15) is 9.59 Å². The first-order chi connectivity index (χ1) is 12.7. The summed E-state index contributed by atoms with van der Waals surface area (Å²) in [6.45, 7) is 0.267. The minimum absolute atomic E-state index is 0.0762. The minimum atomic E-state index is -0.276. The van der Waals surface area contributed by atoms with Gasteiger partial charge < -0.3 is 10.6 Å². The van der Waals surface area contributed by atoms with E-state index in [1.165, 1.54) is 0 Å². The number of pyridine rings is 2. The summed E-state index contributed by atoms with van der Waals surface area (Å²) >= 11 is 0. The molecule has 0 aliphatic rings. The van der Waals surface area contributed by atoms with E-state index in [-0.39, 0.29) is 18.4 Å². The van der Waals surface area contributed by atoms with Crippen molar-refractivity contribution in [3.05, 3.63) is 84.2 Å². The molecule has 0 radical (unpaired) electrons. The van der Waals surface area contributed by atoms with Gasteiger partial charge in [-0.15, -0.1) is 0 Å². The van der Waals surface area contributed by atoms with Crippen LogP contribution in [0.1, 0.15) is 15.9 Å². The molecule has 0 saturated heterocycles. The second-order valence-electron chi connectivity index (χ2n) is 5.59. The lowest BCUT2D eigenvalue weighted by Crippen LogP contribution is -2.36. The fraction of sp³-hybridized carbons (Fsp3) is 0.100. The Bertz CT molecular complexity index is 865. The molecule has 26 heavy (non-hydrogen) atoms. The third-order valence-corrected chi connectivity index (χ3v) is 3.69. The third kappa shape index (κ3) is 4.73. The van der Waals surface area contributed by atoms with E-state index in [0.29, 0.717) is 12.1 Å². The molecule has 0 unspecified atom stereocenters. The Hall–Kier alpha value is -3.54. The van der Waals surface area contributed by atoms with Gasteiger partial charge in [0, 0.05) is 24.5 Å². The molecule has 3 aromatic rings. The average molecular weight is 346 g/mol. The molecule has 0 fully saturated rings. The van der Waals surface area contributed by atoms with Gasteiger partial charge in [-0.25, -0.2) is 0 Å². The molecule has 2 N–H and O–H groups in total. The van der Waals surface area contributed by atoms with Crippen molar-refractivity contribution < 1.29 is 9.59 Å². The average Bonchev–Trinajstić information content (AvgIpc) is 2.72. The number of nitrogens with zero attached hydrogens (tertiary/aromatic N) is 2. The number of aromatic nitrogens is 2. The molecule has 3 rings (SSSR count). The SMILES string of the molecule is O=C(CNC(=O)c1ccccc1)NCc1ccc(-c2ccccn2)nc1. The van der Waals surface area contributed by atoms with Crippen LogP contribution >= 0.6 is 0 Å². The monoisotopic (exact) mass is 346 g/mol. The molecule has 130 valence electrons. The van der Waals surface area contributed by atoms with Crippen molar-refractivity contribution in [1.82, 2.24) is 20.6 Å². The van der Waals surface area contributed by atoms with Crippen LogP contribution in [-0.4, -0.2) is 28.3 Å². The lowest BCUT2D eigenvalue weighted by Gasteiger charge is -2.07. The lowest BCUT2D eigenvalue weighted by atomic mass is 10.2. The highest BCUT2D eigenvalue weighted by Crippen LogP contribution is 2.13. The first-order valence-corrected chi connectivity index (χ1v) is 8.18. The number of amides is 2. The van der Waals surface area contributed by atoms with Crippen LogP contribution < -0.4 is 10.6 Å². The Morgan fingerprint density at radius 3 is 2.27 bits per heavy atom. The number of carbonyl (C=O) groups is 2. The summed E-state index contributed by atoms with van der Waals surface area (Å²) in [5, 5.41) is 5.35. The Morgan fingerprint density at radius 2 is 1.58 bits per heavy atom. The van der Waals surface area contributed by atoms with Crippen LogP contribution in [0.2, 0.25) is 0 Å². The first kappa shape index (κ1) is 17.3. The summed E-state index contributed by atoms with van der Waals surface area (Å²) in [7, 11) is 0. The fourth-order valence-electron chi connectivity index (χ4n) is 2.31. The smallest absolute Gasteiger partial charge is 0.251 e. The van der Waals surface area contributed by atoms with Crippen LogP contribution in [0.5, 0.6) is 0 Å². The molecule has 2 aromatic heterocycles. The Kier molecular flexibility index (Phi) is 5.67. The number of hydrogen-bond donors (Lipinski definition) is 2. The maximum Gasteiger partial charge on any atom is 0.251 e. The normalized spacial score (nSPS) is 10.2. The highest BCUT2D eigenvalue weighted by atomic mass is 16.2. The number of nitrogens with one attached hydrogen (secondary N) is 2. The van der Waals surface area contributed by atoms with Crippen molar-refractivity contribution in [2.75, 3.05) is 6.54 Å². The molecule has 0 bridgehead atoms. The Balaban J connectivity index is 1.46. The lowest BCUT2D eigenvalue weighted by molar-refractivity contribution is -0.120. The maximum atomic E-state index is 11.9. The standard InChI is InChI=1S/C20H18N4O2/c25-19(14-24-20(26)16-6-2-1-3-7-16)23-13-15-9-10-18(22-12-15)17-8-4-5-11-21-17/h1-12H,13-14H2,(H,23,25)(H,24,26). The third-order valence-electron chi connectivity index (χ3n) is 3.69. The summed E-state index contributed by atoms with van der Waals surface area (Å²) in [5.41, 5.74) is 2.96. The van der Waals surface area contributed by atoms with Crippen molar-refractivity contribution in [2.24, 2.45) is 0 Å². The van der Waals surface area contributed by atoms with Crippen LogP contribution in [-0.2, 0) is 11.3 Å². The predicted molar refractivity (Wildman–Crippen MR) is 98.1 cm³/mol. The molecule has 2 amide bonds. The van der Waals surface area contributed by atoms with E-state index in [4.69, 9.17) is 0 Å². The fourth-order valence-corrected chi connectivity index (χ4v) is 2.31. The summed E-state index contributed by atoms with van der Waals surface area (Å²) in [4.78, 5) is 32.4. The molecule has 0 atom stereocenters. The summed E-state index contributed by atoms with van der Waals surface area (Å²) in [6, 6.07) is 18.2. The van der Waals surface area contributed by atoms with Gasteiger partial charge in [-0.1, -0.05) is 30.3 Å². The number of benzene rings is 1. The number of hydrogen-bond acceptors (Lipinski definition) is 4. The van der Waals surface area contributed by atoms with Gasteiger partial charge in [-0.2, -0.15) is 0 Å². The minimum Gasteiger partial charge on any atom is -0.350 e. The van der Waals surface area contributed by atoms with Crippen LogP contribution in [0.4, 0.5) is 0 Å². The number of rotatable bonds is 6. The molecular formula is C20H18N4O2. The van der Waals surface area contributed by atoms with Crippen molar-refractivity contribution in [3.8, 4) is 11.4 Å². The van der Waals surface area contributed by atoms with E-state index in [1.807, 2.05) is 36.4 Å². The molecule has 6 heteroatoms. The second-order valence-corrected chi connectivity index (χ2v) is 5.59. The Morgan fingerprint density at radius 1 is 0.808 bits per heavy atom. The van der Waals surface area contributed by atoms with Crippen molar-refractivity contribution in [2.45, 2.75) is 6.54 Å². The molecule has 0 aliphatic carbocycles. The zero-order chi connectivity index (χ0) is 18.2. The van der Waals surface area contributed by atoms with Gasteiger partial charge in [0.05, 0.1) is 17.9 Å². The van der Waals surface area contributed by atoms with Gasteiger partial charge in [0.15, 0.2) is 0 Å². The van der Waals surface area contributed by atoms with E-state index in [1.54, 1.807) is 36.7 Å². The summed E-state index contributed by atoms with van der Waals surface area (Å²) in [6.07, 6.45) is 3.42. The topological polar surface area (TPSA) is 84.0 Å². The van der Waals surface area contributed by atoms with Crippen molar-refractivity contribution >= 4 is 11.8 Å². The van der Waals surface area contributed by atoms with Gasteiger partial charge >= 0.3 is 0 Å². The van der Waals surface area contributed by atoms with Gasteiger partial charge in [-0.3, -0.25) is 19.6 Å². The molecule has 6 nitrogen and oxygen atoms in total. The molecule has 0 aliphatic heterocycles. The van der Waals surface area contributed by atoms with Gasteiger partial charge in [0.25, 0.3) is 5.91 Å². The molecular weight excluding hydrogens is 328 g/mol. The van der Waals surface area contributed by atoms with Crippen LogP contribution in [0, 0.1) is 0 Å². The highest BCUT2D eigenvalue weighted by Gasteiger charge is 2.07. The number of carbonyl (C=O) groups excluding carboxylic acids is 2. The quantitative estimate of drug-likeness (QED) is 0.717. The van der Waals surface area contributed by atoms with Gasteiger partial charge in [-0.05, 0) is 35.9 Å². The van der Waals surface area contributed by atoms with E-state index in [0.717, 1.165) is 17.0 Å². The van der Waals surface area contributed by atoms with Crippen LogP contribution in [0.3, 0.4) is 0 Å². The highest BCUT2D eigenvalue weighted by molar-refractivity contribution is 5.96. The van der Waals surface area contributed by atoms with Crippen molar-refractivity contribution in [3.63, 3.8) is 0 Å². The van der Waals surface area contributed by atoms with E-state index in [2.05, 4.69) is 20.6 Å². The summed E-state index contributed by atoms with van der Waals surface area (Å²) in [5.74, 6) is -0.537. The van der Waals surface area contributed by atoms with Gasteiger partial charge in [0.2, 0.25) is 5.91 Å². The molecule has 2 heterocycles. The van der Waals surface area contributed by atoms with Gasteiger partial charge in [0.1, 0.15) is 0 Å². The molecule has 0 saturated carbocycles. The molecule has 1 aromatic carbocycles. The molecule has 0 spiro atoms. The zero-order valence-electron chi connectivity index (χ0n) is 14.1. The largest absolute Gasteiger partial charge is 0.350 e. The van der Waals surface area contributed by atoms with Crippen molar-refractivity contribution in [1.29, 1.82) is 0 Å². The first-order valence-electron chi connectivity index (χ1n) is 8.18. The van der Waals surface area contributed by atoms with Crippen LogP contribution in [0.25, 0.3) is 11.4 Å². The van der Waals surface area contributed by atoms with E-state index < -0.39 is 0 Å². The van der Waals surface area contributed by atoms with Crippen LogP contribution in [0.15, 0.2) is 73.1 Å². The Labute approximate surface area is 151 Å².